The van der Waals surface area contributed by atoms with E-state index in [2.05, 4.69) is 29.2 Å². The fraction of sp³-hybridized carbons (Fsp3) is 0.200. The van der Waals surface area contributed by atoms with E-state index < -0.39 is 0 Å². The minimum atomic E-state index is 0.873. The molecule has 1 aromatic heterocycles. The molecule has 66 valence electrons. The monoisotopic (exact) mass is 276 g/mol. The lowest BCUT2D eigenvalue weighted by Crippen LogP contribution is -2.17. The van der Waals surface area contributed by atoms with Gasteiger partial charge in [0.05, 0.1) is 6.26 Å². The molecule has 1 nitrogen and oxygen atoms in total. The van der Waals surface area contributed by atoms with Gasteiger partial charge in [-0.3, -0.25) is 0 Å². The number of allylic oxidation sites excluding steroid dienone is 1. The van der Waals surface area contributed by atoms with Crippen LogP contribution in [0.3, 0.4) is 0 Å². The summed E-state index contributed by atoms with van der Waals surface area (Å²) in [5.41, 5.74) is 0.873. The summed E-state index contributed by atoms with van der Waals surface area (Å²) in [5, 5.41) is 1.11. The van der Waals surface area contributed by atoms with Gasteiger partial charge < -0.3 is 4.42 Å². The molecule has 0 bridgehead atoms. The molecule has 0 saturated heterocycles. The van der Waals surface area contributed by atoms with Gasteiger partial charge in [-0.15, -0.1) is 0 Å². The number of furan rings is 1. The summed E-state index contributed by atoms with van der Waals surface area (Å²) in [6, 6.07) is 1.93. The van der Waals surface area contributed by atoms with E-state index in [0.717, 1.165) is 10.6 Å². The van der Waals surface area contributed by atoms with Crippen molar-refractivity contribution in [3.63, 3.8) is 0 Å². The molecule has 0 saturated carbocycles. The van der Waals surface area contributed by atoms with Gasteiger partial charge in [0.2, 0.25) is 0 Å². The van der Waals surface area contributed by atoms with E-state index in [1.165, 1.54) is 0 Å². The van der Waals surface area contributed by atoms with Gasteiger partial charge in [-0.2, -0.15) is 0 Å². The summed E-state index contributed by atoms with van der Waals surface area (Å²) in [7, 11) is 0. The molecule has 12 heavy (non-hydrogen) atoms. The second-order valence-corrected chi connectivity index (χ2v) is 1.93. The highest BCUT2D eigenvalue weighted by Crippen LogP contribution is 1.71. The Morgan fingerprint density at radius 3 is 2.67 bits per heavy atom. The summed E-state index contributed by atoms with van der Waals surface area (Å²) in [4.78, 5) is 1.97. The van der Waals surface area contributed by atoms with Gasteiger partial charge in [0.25, 0.3) is 0 Å². The first-order chi connectivity index (χ1) is 5.88. The minimum Gasteiger partial charge on any atom is -0.464 e. The molecular formula is C10H13IO. The quantitative estimate of drug-likeness (QED) is 0.565. The van der Waals surface area contributed by atoms with Crippen LogP contribution in [0.1, 0.15) is 6.92 Å². The predicted octanol–water partition coefficient (Wildman–Crippen LogP) is 2.10. The van der Waals surface area contributed by atoms with Crippen molar-refractivity contribution in [1.82, 2.24) is 0 Å². The molecule has 0 aliphatic heterocycles. The molecule has 0 aromatic carbocycles. The van der Waals surface area contributed by atoms with Crippen molar-refractivity contribution in [2.24, 2.45) is 0 Å². The Bertz CT molecular complexity index is 322. The zero-order valence-corrected chi connectivity index (χ0v) is 9.54. The van der Waals surface area contributed by atoms with E-state index in [-0.39, 0.29) is 0 Å². The van der Waals surface area contributed by atoms with Crippen LogP contribution in [-0.2, 0) is 0 Å². The van der Waals surface area contributed by atoms with E-state index in [1.54, 1.807) is 12.3 Å². The Morgan fingerprint density at radius 2 is 2.17 bits per heavy atom. The number of alkyl halides is 1. The van der Waals surface area contributed by atoms with Crippen LogP contribution in [0.4, 0.5) is 0 Å². The largest absolute Gasteiger partial charge is 0.464 e. The molecule has 0 aliphatic carbocycles. The first kappa shape index (κ1) is 11.5. The van der Waals surface area contributed by atoms with Crippen LogP contribution in [-0.4, -0.2) is 4.93 Å². The molecule has 1 rings (SSSR count). The third-order valence-corrected chi connectivity index (χ3v) is 1.31. The number of hydrogen-bond donors (Lipinski definition) is 0. The summed E-state index contributed by atoms with van der Waals surface area (Å²) in [6.07, 6.45) is 7.23. The Hall–Kier alpha value is -0.510. The first-order valence-corrected chi connectivity index (χ1v) is 5.74. The highest BCUT2D eigenvalue weighted by Gasteiger charge is 1.82. The lowest BCUT2D eigenvalue weighted by molar-refractivity contribution is 0.531. The Morgan fingerprint density at radius 1 is 1.50 bits per heavy atom. The van der Waals surface area contributed by atoms with Gasteiger partial charge >= 0.3 is 0 Å². The van der Waals surface area contributed by atoms with Gasteiger partial charge in [0.15, 0.2) is 0 Å². The molecule has 0 N–H and O–H groups in total. The van der Waals surface area contributed by atoms with Crippen LogP contribution in [0.25, 0.3) is 12.2 Å². The molecule has 0 atom stereocenters. The highest BCUT2D eigenvalue weighted by molar-refractivity contribution is 14.1. The fourth-order valence-corrected chi connectivity index (χ4v) is 0.812. The average molecular weight is 276 g/mol. The van der Waals surface area contributed by atoms with E-state index in [9.17, 15) is 0 Å². The zero-order chi connectivity index (χ0) is 9.40. The van der Waals surface area contributed by atoms with Crippen LogP contribution in [0, 0.1) is 0 Å². The van der Waals surface area contributed by atoms with Crippen LogP contribution < -0.4 is 10.6 Å². The molecule has 0 amide bonds. The van der Waals surface area contributed by atoms with E-state index >= 15 is 0 Å². The van der Waals surface area contributed by atoms with Crippen molar-refractivity contribution >= 4 is 34.7 Å². The smallest absolute Gasteiger partial charge is 0.133 e. The Balaban J connectivity index is 0.000000561. The van der Waals surface area contributed by atoms with Gasteiger partial charge in [-0.1, -0.05) is 41.3 Å². The maximum absolute atomic E-state index is 5.14. The average Bonchev–Trinajstić information content (AvgIpc) is 2.56. The minimum absolute atomic E-state index is 0.873. The molecule has 1 heterocycles. The van der Waals surface area contributed by atoms with E-state index in [4.69, 9.17) is 4.42 Å². The first-order valence-electron chi connectivity index (χ1n) is 3.59. The maximum atomic E-state index is 5.14. The Kier molecular flexibility index (Phi) is 6.85. The van der Waals surface area contributed by atoms with Crippen molar-refractivity contribution in [3.8, 4) is 0 Å². The summed E-state index contributed by atoms with van der Waals surface area (Å²) in [6.45, 7) is 5.56. The van der Waals surface area contributed by atoms with Crippen LogP contribution >= 0.6 is 22.6 Å². The van der Waals surface area contributed by atoms with Gasteiger partial charge in [0, 0.05) is 5.22 Å². The predicted molar refractivity (Wildman–Crippen MR) is 62.7 cm³/mol. The van der Waals surface area contributed by atoms with Crippen LogP contribution in [0.2, 0.25) is 0 Å². The fourth-order valence-electron chi connectivity index (χ4n) is 0.812. The van der Waals surface area contributed by atoms with Crippen molar-refractivity contribution in [1.29, 1.82) is 0 Å². The number of rotatable bonds is 1. The van der Waals surface area contributed by atoms with Gasteiger partial charge in [-0.25, -0.2) is 0 Å². The molecule has 0 radical (unpaired) electrons. The highest BCUT2D eigenvalue weighted by atomic mass is 127. The van der Waals surface area contributed by atoms with Gasteiger partial charge in [0.1, 0.15) is 5.42 Å². The molecule has 0 unspecified atom stereocenters. The van der Waals surface area contributed by atoms with E-state index in [1.807, 2.05) is 30.1 Å². The molecule has 0 fully saturated rings. The van der Waals surface area contributed by atoms with Crippen molar-refractivity contribution < 1.29 is 4.42 Å². The van der Waals surface area contributed by atoms with Crippen molar-refractivity contribution in [3.05, 3.63) is 35.6 Å². The van der Waals surface area contributed by atoms with Crippen molar-refractivity contribution in [2.75, 3.05) is 4.93 Å². The molecule has 0 aliphatic rings. The molecule has 2 heteroatoms. The maximum Gasteiger partial charge on any atom is 0.133 e. The molecule has 1 aromatic rings. The summed E-state index contributed by atoms with van der Waals surface area (Å²) >= 11 is 2.15. The van der Waals surface area contributed by atoms with E-state index in [0.29, 0.717) is 0 Å². The SMILES string of the molecule is C=C/C=c1/occ/c1=C/C.CI. The topological polar surface area (TPSA) is 13.1 Å². The van der Waals surface area contributed by atoms with Gasteiger partial charge in [-0.05, 0) is 24.0 Å². The number of halogens is 1. The molecule has 0 spiro atoms. The normalized spacial score (nSPS) is 12.2. The van der Waals surface area contributed by atoms with Crippen LogP contribution in [0.5, 0.6) is 0 Å². The van der Waals surface area contributed by atoms with Crippen LogP contribution in [0.15, 0.2) is 29.4 Å². The lowest BCUT2D eigenvalue weighted by atomic mass is 10.4. The third-order valence-electron chi connectivity index (χ3n) is 1.31. The second-order valence-electron chi connectivity index (χ2n) is 1.93. The zero-order valence-electron chi connectivity index (χ0n) is 7.38. The third kappa shape index (κ3) is 3.26. The lowest BCUT2D eigenvalue weighted by Gasteiger charge is -1.72. The summed E-state index contributed by atoms with van der Waals surface area (Å²) in [5.74, 6) is 0. The summed E-state index contributed by atoms with van der Waals surface area (Å²) < 4.78 is 5.14. The Labute approximate surface area is 86.6 Å². The standard InChI is InChI=1S/C9H10O.CH3I/c1-3-5-9-8(4-2)6-7-10-9;1-2/h3-7H,1H2,2H3;1H3/b8-4-,9-5+;. The van der Waals surface area contributed by atoms with Crippen molar-refractivity contribution in [2.45, 2.75) is 6.92 Å². The molecular weight excluding hydrogens is 263 g/mol. The number of hydrogen-bond acceptors (Lipinski definition) is 1. The second kappa shape index (κ2) is 7.16.